The largest absolute Gasteiger partial charge is 0.398 e. The van der Waals surface area contributed by atoms with Crippen LogP contribution >= 0.6 is 0 Å². The SMILES string of the molecule is Nc1c(-c2nc3ccc(NCc4ccccn4)cc3[nH]2)cnc2ccccc12. The van der Waals surface area contributed by atoms with Crippen LogP contribution in [0.25, 0.3) is 33.3 Å². The van der Waals surface area contributed by atoms with Crippen LogP contribution in [-0.2, 0) is 6.54 Å². The molecule has 136 valence electrons. The topological polar surface area (TPSA) is 92.5 Å². The molecule has 5 rings (SSSR count). The highest BCUT2D eigenvalue weighted by Crippen LogP contribution is 2.31. The molecule has 0 unspecified atom stereocenters. The Balaban J connectivity index is 1.48. The van der Waals surface area contributed by atoms with E-state index in [1.807, 2.05) is 60.7 Å². The molecule has 0 aliphatic carbocycles. The fraction of sp³-hybridized carbons (Fsp3) is 0.0455. The zero-order valence-corrected chi connectivity index (χ0v) is 15.1. The predicted molar refractivity (Wildman–Crippen MR) is 113 cm³/mol. The Kier molecular flexibility index (Phi) is 3.87. The van der Waals surface area contributed by atoms with Crippen LogP contribution in [-0.4, -0.2) is 19.9 Å². The first-order valence-corrected chi connectivity index (χ1v) is 9.05. The summed E-state index contributed by atoms with van der Waals surface area (Å²) in [6, 6.07) is 19.8. The minimum atomic E-state index is 0.662. The number of benzene rings is 2. The minimum absolute atomic E-state index is 0.662. The highest BCUT2D eigenvalue weighted by molar-refractivity contribution is 5.97. The van der Waals surface area contributed by atoms with Crippen molar-refractivity contribution in [1.82, 2.24) is 19.9 Å². The smallest absolute Gasteiger partial charge is 0.142 e. The number of anilines is 2. The number of nitrogens with one attached hydrogen (secondary N) is 2. The predicted octanol–water partition coefficient (Wildman–Crippen LogP) is 4.37. The first-order chi connectivity index (χ1) is 13.8. The Morgan fingerprint density at radius 2 is 1.82 bits per heavy atom. The van der Waals surface area contributed by atoms with E-state index in [1.54, 1.807) is 12.4 Å². The molecule has 6 nitrogen and oxygen atoms in total. The molecule has 0 aliphatic rings. The first-order valence-electron chi connectivity index (χ1n) is 9.05. The lowest BCUT2D eigenvalue weighted by molar-refractivity contribution is 1.05. The number of aromatic nitrogens is 4. The molecule has 0 atom stereocenters. The molecule has 0 aliphatic heterocycles. The molecule has 2 aromatic carbocycles. The van der Waals surface area contributed by atoms with E-state index in [9.17, 15) is 0 Å². The molecular weight excluding hydrogens is 348 g/mol. The number of imidazole rings is 1. The van der Waals surface area contributed by atoms with E-state index >= 15 is 0 Å². The number of H-pyrrole nitrogens is 1. The van der Waals surface area contributed by atoms with E-state index in [-0.39, 0.29) is 0 Å². The van der Waals surface area contributed by atoms with Crippen molar-refractivity contribution in [3.05, 3.63) is 78.8 Å². The number of nitrogens with two attached hydrogens (primary N) is 1. The van der Waals surface area contributed by atoms with Crippen LogP contribution in [0.1, 0.15) is 5.69 Å². The fourth-order valence-corrected chi connectivity index (χ4v) is 3.29. The van der Waals surface area contributed by atoms with E-state index in [2.05, 4.69) is 20.3 Å². The molecule has 0 radical (unpaired) electrons. The second-order valence-corrected chi connectivity index (χ2v) is 6.59. The summed E-state index contributed by atoms with van der Waals surface area (Å²) >= 11 is 0. The molecule has 3 aromatic heterocycles. The van der Waals surface area contributed by atoms with Gasteiger partial charge in [0.05, 0.1) is 40.0 Å². The Bertz CT molecular complexity index is 1280. The number of fused-ring (bicyclic) bond motifs is 2. The Hall–Kier alpha value is -3.93. The van der Waals surface area contributed by atoms with Gasteiger partial charge >= 0.3 is 0 Å². The maximum absolute atomic E-state index is 6.40. The average Bonchev–Trinajstić information content (AvgIpc) is 3.16. The van der Waals surface area contributed by atoms with Gasteiger partial charge in [-0.1, -0.05) is 24.3 Å². The van der Waals surface area contributed by atoms with Crippen molar-refractivity contribution < 1.29 is 0 Å². The van der Waals surface area contributed by atoms with Crippen LogP contribution in [0.15, 0.2) is 73.1 Å². The van der Waals surface area contributed by atoms with Crippen molar-refractivity contribution in [2.45, 2.75) is 6.54 Å². The molecule has 4 N–H and O–H groups in total. The summed E-state index contributed by atoms with van der Waals surface area (Å²) in [5.74, 6) is 0.715. The van der Waals surface area contributed by atoms with Crippen molar-refractivity contribution in [3.8, 4) is 11.4 Å². The second kappa shape index (κ2) is 6.66. The summed E-state index contributed by atoms with van der Waals surface area (Å²) in [4.78, 5) is 16.9. The third-order valence-corrected chi connectivity index (χ3v) is 4.75. The summed E-state index contributed by atoms with van der Waals surface area (Å²) in [7, 11) is 0. The quantitative estimate of drug-likeness (QED) is 0.439. The van der Waals surface area contributed by atoms with E-state index in [4.69, 9.17) is 10.7 Å². The average molecular weight is 366 g/mol. The number of para-hydroxylation sites is 1. The van der Waals surface area contributed by atoms with Crippen molar-refractivity contribution in [3.63, 3.8) is 0 Å². The van der Waals surface area contributed by atoms with Crippen LogP contribution in [0.2, 0.25) is 0 Å². The molecule has 3 heterocycles. The van der Waals surface area contributed by atoms with Gasteiger partial charge in [-0.05, 0) is 36.4 Å². The monoisotopic (exact) mass is 366 g/mol. The van der Waals surface area contributed by atoms with Crippen molar-refractivity contribution in [1.29, 1.82) is 0 Å². The molecule has 28 heavy (non-hydrogen) atoms. The van der Waals surface area contributed by atoms with Crippen LogP contribution in [0.5, 0.6) is 0 Å². The molecule has 0 fully saturated rings. The number of aromatic amines is 1. The zero-order valence-electron chi connectivity index (χ0n) is 15.1. The van der Waals surface area contributed by atoms with Gasteiger partial charge in [0.25, 0.3) is 0 Å². The van der Waals surface area contributed by atoms with Gasteiger partial charge in [0.2, 0.25) is 0 Å². The lowest BCUT2D eigenvalue weighted by Crippen LogP contribution is -2.00. The van der Waals surface area contributed by atoms with Gasteiger partial charge in [0, 0.05) is 23.5 Å². The molecule has 5 aromatic rings. The molecule has 0 amide bonds. The van der Waals surface area contributed by atoms with Crippen molar-refractivity contribution in [2.75, 3.05) is 11.1 Å². The summed E-state index contributed by atoms with van der Waals surface area (Å²) in [6.07, 6.45) is 3.57. The van der Waals surface area contributed by atoms with Crippen LogP contribution < -0.4 is 11.1 Å². The number of nitrogen functional groups attached to an aromatic ring is 1. The van der Waals surface area contributed by atoms with E-state index < -0.39 is 0 Å². The van der Waals surface area contributed by atoms with Gasteiger partial charge in [-0.3, -0.25) is 9.97 Å². The third-order valence-electron chi connectivity index (χ3n) is 4.75. The molecule has 6 heteroatoms. The van der Waals surface area contributed by atoms with Crippen LogP contribution in [0.4, 0.5) is 11.4 Å². The zero-order chi connectivity index (χ0) is 18.9. The lowest BCUT2D eigenvalue weighted by Gasteiger charge is -2.06. The standard InChI is InChI=1S/C22H18N6/c23-21-16-6-1-2-7-18(16)26-13-17(21)22-27-19-9-8-14(11-20(19)28-22)25-12-15-5-3-4-10-24-15/h1-11,13,25H,12H2,(H2,23,26)(H,27,28). The first kappa shape index (κ1) is 16.3. The van der Waals surface area contributed by atoms with E-state index in [0.717, 1.165) is 38.9 Å². The number of nitrogens with zero attached hydrogens (tertiary/aromatic N) is 3. The Morgan fingerprint density at radius 1 is 0.929 bits per heavy atom. The second-order valence-electron chi connectivity index (χ2n) is 6.59. The van der Waals surface area contributed by atoms with Crippen LogP contribution in [0, 0.1) is 0 Å². The van der Waals surface area contributed by atoms with Gasteiger partial charge in [-0.2, -0.15) is 0 Å². The van der Waals surface area contributed by atoms with E-state index in [1.165, 1.54) is 0 Å². The van der Waals surface area contributed by atoms with Crippen molar-refractivity contribution in [2.24, 2.45) is 0 Å². The normalized spacial score (nSPS) is 11.1. The number of rotatable bonds is 4. The van der Waals surface area contributed by atoms with Gasteiger partial charge < -0.3 is 16.0 Å². The lowest BCUT2D eigenvalue weighted by atomic mass is 10.1. The number of pyridine rings is 2. The van der Waals surface area contributed by atoms with E-state index in [0.29, 0.717) is 18.1 Å². The van der Waals surface area contributed by atoms with Gasteiger partial charge in [-0.25, -0.2) is 4.98 Å². The number of hydrogen-bond donors (Lipinski definition) is 3. The van der Waals surface area contributed by atoms with Gasteiger partial charge in [0.1, 0.15) is 5.82 Å². The summed E-state index contributed by atoms with van der Waals surface area (Å²) in [5, 5.41) is 4.32. The third kappa shape index (κ3) is 2.91. The van der Waals surface area contributed by atoms with Gasteiger partial charge in [-0.15, -0.1) is 0 Å². The highest BCUT2D eigenvalue weighted by atomic mass is 14.9. The maximum atomic E-state index is 6.40. The molecular formula is C22H18N6. The Labute approximate surface area is 161 Å². The molecule has 0 spiro atoms. The molecule has 0 saturated carbocycles. The highest BCUT2D eigenvalue weighted by Gasteiger charge is 2.12. The molecule has 0 saturated heterocycles. The fourth-order valence-electron chi connectivity index (χ4n) is 3.29. The minimum Gasteiger partial charge on any atom is -0.398 e. The Morgan fingerprint density at radius 3 is 2.71 bits per heavy atom. The number of hydrogen-bond acceptors (Lipinski definition) is 5. The van der Waals surface area contributed by atoms with Gasteiger partial charge in [0.15, 0.2) is 0 Å². The molecule has 0 bridgehead atoms. The van der Waals surface area contributed by atoms with Crippen LogP contribution in [0.3, 0.4) is 0 Å². The summed E-state index contributed by atoms with van der Waals surface area (Å²) < 4.78 is 0. The van der Waals surface area contributed by atoms with Crippen molar-refractivity contribution >= 4 is 33.3 Å². The maximum Gasteiger partial charge on any atom is 0.142 e. The summed E-state index contributed by atoms with van der Waals surface area (Å²) in [5.41, 5.74) is 12.6. The summed E-state index contributed by atoms with van der Waals surface area (Å²) in [6.45, 7) is 0.662.